The number of ether oxygens (including phenoxy) is 1. The van der Waals surface area contributed by atoms with Crippen LogP contribution < -0.4 is 4.74 Å². The fraction of sp³-hybridized carbons (Fsp3) is 0.391. The maximum Gasteiger partial charge on any atom is 0.166 e. The molecule has 27 heavy (non-hydrogen) atoms. The number of hydrogen-bond acceptors (Lipinski definition) is 3. The number of aromatic hydroxyl groups is 1. The number of piperidine rings is 1. The molecule has 2 aliphatic carbocycles. The Bertz CT molecular complexity index is 1130. The number of aromatic nitrogens is 1. The first-order chi connectivity index (χ1) is 13.2. The van der Waals surface area contributed by atoms with Crippen LogP contribution in [0.2, 0.25) is 0 Å². The number of nitrogens with zero attached hydrogens (tertiary/aromatic N) is 1. The van der Waals surface area contributed by atoms with E-state index in [-0.39, 0.29) is 11.5 Å². The van der Waals surface area contributed by atoms with Gasteiger partial charge in [-0.25, -0.2) is 0 Å². The molecule has 7 rings (SSSR count). The number of phenolic OH excluding ortho intramolecular Hbond substituents is 1. The molecule has 0 amide bonds. The van der Waals surface area contributed by atoms with Gasteiger partial charge in [-0.05, 0) is 62.0 Å². The molecule has 2 N–H and O–H groups in total. The van der Waals surface area contributed by atoms with E-state index in [1.807, 2.05) is 6.07 Å². The van der Waals surface area contributed by atoms with Gasteiger partial charge in [0, 0.05) is 27.9 Å². The maximum atomic E-state index is 10.6. The zero-order valence-corrected chi connectivity index (χ0v) is 15.3. The Balaban J connectivity index is 1.58. The monoisotopic (exact) mass is 358 g/mol. The first kappa shape index (κ1) is 14.6. The zero-order valence-electron chi connectivity index (χ0n) is 15.3. The normalized spacial score (nSPS) is 32.9. The summed E-state index contributed by atoms with van der Waals surface area (Å²) in [6.45, 7) is 1.09. The van der Waals surface area contributed by atoms with Gasteiger partial charge in [-0.3, -0.25) is 0 Å². The first-order valence-electron chi connectivity index (χ1n) is 10.00. The number of benzene rings is 2. The molecule has 1 spiro atoms. The molecule has 3 aromatic rings. The van der Waals surface area contributed by atoms with Crippen LogP contribution in [0.15, 0.2) is 36.4 Å². The van der Waals surface area contributed by atoms with E-state index in [0.29, 0.717) is 17.7 Å². The summed E-state index contributed by atoms with van der Waals surface area (Å²) in [7, 11) is 2.28. The van der Waals surface area contributed by atoms with Crippen molar-refractivity contribution in [2.24, 2.45) is 5.92 Å². The van der Waals surface area contributed by atoms with Crippen molar-refractivity contribution in [2.75, 3.05) is 13.6 Å². The molecule has 4 nitrogen and oxygen atoms in total. The predicted molar refractivity (Wildman–Crippen MR) is 103 cm³/mol. The fourth-order valence-electron chi connectivity index (χ4n) is 6.81. The third-order valence-electron chi connectivity index (χ3n) is 7.92. The highest BCUT2D eigenvalue weighted by Gasteiger charge is 2.65. The van der Waals surface area contributed by atoms with E-state index in [9.17, 15) is 5.11 Å². The molecule has 2 aromatic carbocycles. The van der Waals surface area contributed by atoms with Crippen molar-refractivity contribution >= 4 is 10.9 Å². The van der Waals surface area contributed by atoms with Crippen molar-refractivity contribution in [1.29, 1.82) is 0 Å². The van der Waals surface area contributed by atoms with E-state index in [2.05, 4.69) is 47.3 Å². The quantitative estimate of drug-likeness (QED) is 0.645. The van der Waals surface area contributed by atoms with Crippen LogP contribution >= 0.6 is 0 Å². The van der Waals surface area contributed by atoms with Gasteiger partial charge in [0.15, 0.2) is 11.5 Å². The molecule has 0 unspecified atom stereocenters. The molecular weight excluding hydrogens is 336 g/mol. The Hall–Kier alpha value is -2.46. The maximum absolute atomic E-state index is 10.6. The van der Waals surface area contributed by atoms with Crippen LogP contribution in [-0.4, -0.2) is 34.6 Å². The Morgan fingerprint density at radius 2 is 2.07 bits per heavy atom. The minimum absolute atomic E-state index is 0.00723. The molecule has 4 atom stereocenters. The van der Waals surface area contributed by atoms with Crippen LogP contribution in [0.5, 0.6) is 11.5 Å². The van der Waals surface area contributed by atoms with Crippen molar-refractivity contribution in [1.82, 2.24) is 9.88 Å². The minimum atomic E-state index is -0.0165. The van der Waals surface area contributed by atoms with Crippen molar-refractivity contribution in [3.8, 4) is 11.5 Å². The molecule has 136 valence electrons. The Morgan fingerprint density at radius 3 is 3.00 bits per heavy atom. The van der Waals surface area contributed by atoms with Gasteiger partial charge in [0.2, 0.25) is 0 Å². The SMILES string of the molecule is CN1CC[C@]23c4c5ccc(O)c4O[C@H]2c2[nH]c4ccccc4c2C[C@H]3[C@@H]1C5. The molecule has 1 fully saturated rings. The number of aromatic amines is 1. The average Bonchev–Trinajstić information content (AvgIpc) is 3.21. The van der Waals surface area contributed by atoms with Crippen molar-refractivity contribution in [3.63, 3.8) is 0 Å². The molecule has 0 saturated carbocycles. The number of rotatable bonds is 0. The number of phenols is 1. The molecule has 1 aromatic heterocycles. The number of fused-ring (bicyclic) bond motifs is 4. The first-order valence-corrected chi connectivity index (χ1v) is 10.00. The summed E-state index contributed by atoms with van der Waals surface area (Å²) in [5.74, 6) is 1.58. The number of para-hydroxylation sites is 1. The third-order valence-corrected chi connectivity index (χ3v) is 7.92. The van der Waals surface area contributed by atoms with Crippen LogP contribution in [0.4, 0.5) is 0 Å². The van der Waals surface area contributed by atoms with Crippen LogP contribution in [0, 0.1) is 5.92 Å². The number of likely N-dealkylation sites (tertiary alicyclic amines) is 1. The van der Waals surface area contributed by atoms with Crippen LogP contribution in [0.3, 0.4) is 0 Å². The highest BCUT2D eigenvalue weighted by Crippen LogP contribution is 2.67. The van der Waals surface area contributed by atoms with Gasteiger partial charge in [0.05, 0.1) is 5.69 Å². The van der Waals surface area contributed by atoms with Gasteiger partial charge in [-0.2, -0.15) is 0 Å². The second-order valence-corrected chi connectivity index (χ2v) is 8.86. The second-order valence-electron chi connectivity index (χ2n) is 8.86. The number of likely N-dealkylation sites (N-methyl/N-ethyl adjacent to an activating group) is 1. The van der Waals surface area contributed by atoms with E-state index < -0.39 is 0 Å². The van der Waals surface area contributed by atoms with E-state index in [4.69, 9.17) is 4.74 Å². The Labute approximate surface area is 157 Å². The van der Waals surface area contributed by atoms with Crippen molar-refractivity contribution in [2.45, 2.75) is 36.8 Å². The summed E-state index contributed by atoms with van der Waals surface area (Å²) in [6, 6.07) is 13.1. The predicted octanol–water partition coefficient (Wildman–Crippen LogP) is 3.68. The lowest BCUT2D eigenvalue weighted by molar-refractivity contribution is -0.0252. The highest BCUT2D eigenvalue weighted by molar-refractivity contribution is 5.85. The second kappa shape index (κ2) is 4.50. The van der Waals surface area contributed by atoms with E-state index >= 15 is 0 Å². The van der Waals surface area contributed by atoms with Gasteiger partial charge in [-0.15, -0.1) is 0 Å². The third kappa shape index (κ3) is 1.49. The van der Waals surface area contributed by atoms with E-state index in [1.165, 1.54) is 33.3 Å². The largest absolute Gasteiger partial charge is 0.504 e. The summed E-state index contributed by atoms with van der Waals surface area (Å²) < 4.78 is 6.60. The van der Waals surface area contributed by atoms with E-state index in [1.54, 1.807) is 0 Å². The number of nitrogens with one attached hydrogen (secondary N) is 1. The lowest BCUT2D eigenvalue weighted by Crippen LogP contribution is -2.62. The van der Waals surface area contributed by atoms with Crippen molar-refractivity contribution < 1.29 is 9.84 Å². The molecule has 1 saturated heterocycles. The zero-order chi connectivity index (χ0) is 17.9. The van der Waals surface area contributed by atoms with Gasteiger partial charge < -0.3 is 19.7 Å². The lowest BCUT2D eigenvalue weighted by Gasteiger charge is -2.57. The van der Waals surface area contributed by atoms with Crippen LogP contribution in [0.1, 0.15) is 34.9 Å². The summed E-state index contributed by atoms with van der Waals surface area (Å²) in [5, 5.41) is 11.9. The van der Waals surface area contributed by atoms with Gasteiger partial charge in [0.25, 0.3) is 0 Å². The summed E-state index contributed by atoms with van der Waals surface area (Å²) in [6.07, 6.45) is 3.22. The van der Waals surface area contributed by atoms with Crippen molar-refractivity contribution in [3.05, 3.63) is 58.8 Å². The molecule has 4 heteroatoms. The average molecular weight is 358 g/mol. The summed E-state index contributed by atoms with van der Waals surface area (Å²) in [5.41, 5.74) is 6.53. The van der Waals surface area contributed by atoms with Gasteiger partial charge in [0.1, 0.15) is 6.10 Å². The number of H-pyrrole nitrogens is 1. The Kier molecular flexibility index (Phi) is 2.43. The smallest absolute Gasteiger partial charge is 0.166 e. The molecule has 4 aliphatic rings. The van der Waals surface area contributed by atoms with E-state index in [0.717, 1.165) is 31.6 Å². The van der Waals surface area contributed by atoms with Crippen LogP contribution in [-0.2, 0) is 18.3 Å². The standard InChI is InChI=1S/C23H22N2O2/c1-25-9-8-23-15-11-14-13-4-2-3-5-16(13)24-20(14)22(23)27-21-18(26)7-6-12(19(21)23)10-17(15)25/h2-7,15,17,22,24,26H,8-11H2,1H3/t15-,17-,22-,23-/m0/s1. The summed E-state index contributed by atoms with van der Waals surface area (Å²) >= 11 is 0. The molecule has 2 aliphatic heterocycles. The van der Waals surface area contributed by atoms with Crippen LogP contribution in [0.25, 0.3) is 10.9 Å². The van der Waals surface area contributed by atoms with Gasteiger partial charge in [-0.1, -0.05) is 24.3 Å². The molecular formula is C23H22N2O2. The molecule has 2 bridgehead atoms. The summed E-state index contributed by atoms with van der Waals surface area (Å²) in [4.78, 5) is 6.25. The minimum Gasteiger partial charge on any atom is -0.504 e. The topological polar surface area (TPSA) is 48.5 Å². The Morgan fingerprint density at radius 1 is 1.19 bits per heavy atom. The van der Waals surface area contributed by atoms with Gasteiger partial charge >= 0.3 is 0 Å². The number of hydrogen-bond donors (Lipinski definition) is 2. The highest BCUT2D eigenvalue weighted by atomic mass is 16.5. The fourth-order valence-corrected chi connectivity index (χ4v) is 6.81. The lowest BCUT2D eigenvalue weighted by atomic mass is 9.52. The molecule has 3 heterocycles. The molecule has 0 radical (unpaired) electrons.